The van der Waals surface area contributed by atoms with Gasteiger partial charge in [-0.15, -0.1) is 0 Å². The van der Waals surface area contributed by atoms with E-state index in [1.54, 1.807) is 25.3 Å². The van der Waals surface area contributed by atoms with Crippen molar-refractivity contribution in [3.63, 3.8) is 0 Å². The summed E-state index contributed by atoms with van der Waals surface area (Å²) in [5, 5.41) is 7.51. The van der Waals surface area contributed by atoms with E-state index >= 15 is 0 Å². The zero-order chi connectivity index (χ0) is 20.0. The summed E-state index contributed by atoms with van der Waals surface area (Å²) in [6, 6.07) is 3.91. The predicted molar refractivity (Wildman–Crippen MR) is 104 cm³/mol. The zero-order valence-electron chi connectivity index (χ0n) is 16.7. The fourth-order valence-corrected chi connectivity index (χ4v) is 3.42. The second-order valence-electron chi connectivity index (χ2n) is 7.06. The van der Waals surface area contributed by atoms with Gasteiger partial charge in [-0.2, -0.15) is 5.10 Å². The number of carbonyl (C=O) groups excluding carboxylic acids is 2. The molecule has 1 unspecified atom stereocenters. The lowest BCUT2D eigenvalue weighted by atomic mass is 9.86. The molecule has 7 heteroatoms. The highest BCUT2D eigenvalue weighted by atomic mass is 16.5. The van der Waals surface area contributed by atoms with Crippen LogP contribution in [0.3, 0.4) is 0 Å². The number of hydrogen-bond donors (Lipinski definition) is 1. The van der Waals surface area contributed by atoms with Gasteiger partial charge < -0.3 is 14.4 Å². The van der Waals surface area contributed by atoms with Gasteiger partial charge in [-0.05, 0) is 24.8 Å². The minimum Gasteiger partial charge on any atom is -0.496 e. The number of methoxy groups -OCH3 is 2. The van der Waals surface area contributed by atoms with E-state index in [-0.39, 0.29) is 5.91 Å². The van der Waals surface area contributed by atoms with Gasteiger partial charge >= 0.3 is 5.97 Å². The van der Waals surface area contributed by atoms with E-state index in [0.717, 1.165) is 16.8 Å². The summed E-state index contributed by atoms with van der Waals surface area (Å²) in [5.41, 5.74) is 1.22. The van der Waals surface area contributed by atoms with Crippen LogP contribution < -0.4 is 4.74 Å². The molecule has 7 nitrogen and oxygen atoms in total. The Kier molecular flexibility index (Phi) is 7.21. The van der Waals surface area contributed by atoms with Crippen LogP contribution in [0.2, 0.25) is 0 Å². The van der Waals surface area contributed by atoms with Gasteiger partial charge in [0.15, 0.2) is 0 Å². The number of fused-ring (bicyclic) bond motifs is 1. The molecule has 0 spiro atoms. The van der Waals surface area contributed by atoms with Gasteiger partial charge in [-0.3, -0.25) is 9.89 Å². The summed E-state index contributed by atoms with van der Waals surface area (Å²) < 4.78 is 9.75. The normalized spacial score (nSPS) is 19.0. The molecule has 0 radical (unpaired) electrons. The molecule has 1 fully saturated rings. The van der Waals surface area contributed by atoms with E-state index < -0.39 is 5.97 Å². The largest absolute Gasteiger partial charge is 0.496 e. The molecule has 27 heavy (non-hydrogen) atoms. The maximum Gasteiger partial charge on any atom is 0.341 e. The molecule has 1 aliphatic carbocycles. The first-order chi connectivity index (χ1) is 12.9. The van der Waals surface area contributed by atoms with Crippen LogP contribution in [0, 0.1) is 5.92 Å². The third kappa shape index (κ3) is 5.21. The number of ether oxygens (including phenoxy) is 2. The Labute approximate surface area is 160 Å². The van der Waals surface area contributed by atoms with Crippen LogP contribution in [-0.2, 0) is 9.53 Å². The second-order valence-corrected chi connectivity index (χ2v) is 7.06. The molecule has 1 N–H and O–H groups in total. The highest BCUT2D eigenvalue weighted by molar-refractivity contribution is 5.97. The molecule has 2 atom stereocenters. The minimum absolute atomic E-state index is 0.203. The summed E-state index contributed by atoms with van der Waals surface area (Å²) in [5.74, 6) is 1.05. The Balaban J connectivity index is 0.000000199. The van der Waals surface area contributed by atoms with E-state index in [9.17, 15) is 9.59 Å². The Morgan fingerprint density at radius 2 is 2.00 bits per heavy atom. The third-order valence-corrected chi connectivity index (χ3v) is 5.12. The van der Waals surface area contributed by atoms with Crippen LogP contribution in [0.1, 0.15) is 49.9 Å². The lowest BCUT2D eigenvalue weighted by Gasteiger charge is -2.33. The molecule has 2 aromatic rings. The van der Waals surface area contributed by atoms with Crippen molar-refractivity contribution in [1.82, 2.24) is 15.1 Å². The van der Waals surface area contributed by atoms with E-state index in [4.69, 9.17) is 4.74 Å². The van der Waals surface area contributed by atoms with Crippen LogP contribution >= 0.6 is 0 Å². The molecule has 1 saturated carbocycles. The average Bonchev–Trinajstić information content (AvgIpc) is 3.13. The number of nitrogens with zero attached hydrogens (tertiary/aromatic N) is 2. The lowest BCUT2D eigenvalue weighted by molar-refractivity contribution is -0.130. The molecule has 0 aliphatic heterocycles. The van der Waals surface area contributed by atoms with Crippen molar-refractivity contribution < 1.29 is 19.1 Å². The van der Waals surface area contributed by atoms with Gasteiger partial charge in [-0.25, -0.2) is 4.79 Å². The van der Waals surface area contributed by atoms with Crippen molar-refractivity contribution in [1.29, 1.82) is 0 Å². The standard InChI is InChI=1S/C10H10N2O3.C10H19NO/c1-14-9-4-8-6(5-11-12-8)3-7(9)10(13)15-2;1-8-5-4-6-10(7-8)11(3)9(2)12/h3-5H,1-2H3,(H,11,12);8,10H,4-7H2,1-3H3/t;8-,10?/m.0/s1. The number of carbonyl (C=O) groups is 2. The minimum atomic E-state index is -0.421. The van der Waals surface area contributed by atoms with Crippen LogP contribution in [0.15, 0.2) is 18.3 Å². The number of benzene rings is 1. The van der Waals surface area contributed by atoms with Gasteiger partial charge in [0.25, 0.3) is 0 Å². The first-order valence-electron chi connectivity index (χ1n) is 9.20. The molecule has 1 aromatic heterocycles. The maximum atomic E-state index is 11.4. The summed E-state index contributed by atoms with van der Waals surface area (Å²) >= 11 is 0. The molecule has 1 aliphatic rings. The number of aromatic amines is 1. The van der Waals surface area contributed by atoms with Gasteiger partial charge in [0.1, 0.15) is 11.3 Å². The Bertz CT molecular complexity index is 787. The van der Waals surface area contributed by atoms with E-state index in [2.05, 4.69) is 21.9 Å². The average molecular weight is 375 g/mol. The Morgan fingerprint density at radius 3 is 2.59 bits per heavy atom. The van der Waals surface area contributed by atoms with Gasteiger partial charge in [-0.1, -0.05) is 19.8 Å². The molecule has 1 heterocycles. The van der Waals surface area contributed by atoms with Crippen LogP contribution in [0.5, 0.6) is 5.75 Å². The van der Waals surface area contributed by atoms with Gasteiger partial charge in [0.2, 0.25) is 5.91 Å². The van der Waals surface area contributed by atoms with E-state index in [1.165, 1.54) is 39.9 Å². The first-order valence-corrected chi connectivity index (χ1v) is 9.20. The quantitative estimate of drug-likeness (QED) is 0.831. The summed E-state index contributed by atoms with van der Waals surface area (Å²) in [6.07, 6.45) is 6.64. The third-order valence-electron chi connectivity index (χ3n) is 5.12. The van der Waals surface area contributed by atoms with Gasteiger partial charge in [0, 0.05) is 31.5 Å². The molecule has 148 valence electrons. The highest BCUT2D eigenvalue weighted by Gasteiger charge is 2.23. The highest BCUT2D eigenvalue weighted by Crippen LogP contribution is 2.26. The molecule has 0 saturated heterocycles. The Morgan fingerprint density at radius 1 is 1.26 bits per heavy atom. The van der Waals surface area contributed by atoms with E-state index in [0.29, 0.717) is 17.4 Å². The molecule has 1 aromatic carbocycles. The molecule has 1 amide bonds. The monoisotopic (exact) mass is 375 g/mol. The SMILES string of the molecule is CC(=O)N(C)C1CCC[C@H](C)C1.COC(=O)c1cc2cn[nH]c2cc1OC. The molecular formula is C20H29N3O4. The summed E-state index contributed by atoms with van der Waals surface area (Å²) in [4.78, 5) is 24.4. The Hall–Kier alpha value is -2.57. The number of H-pyrrole nitrogens is 1. The van der Waals surface area contributed by atoms with Crippen LogP contribution in [0.25, 0.3) is 10.9 Å². The number of rotatable bonds is 3. The summed E-state index contributed by atoms with van der Waals surface area (Å²) in [7, 11) is 4.76. The van der Waals surface area contributed by atoms with Crippen molar-refractivity contribution in [2.24, 2.45) is 5.92 Å². The topological polar surface area (TPSA) is 84.5 Å². The number of aromatic nitrogens is 2. The predicted octanol–water partition coefficient (Wildman–Crippen LogP) is 3.40. The van der Waals surface area contributed by atoms with Crippen molar-refractivity contribution in [2.75, 3.05) is 21.3 Å². The van der Waals surface area contributed by atoms with Crippen LogP contribution in [0.4, 0.5) is 0 Å². The van der Waals surface area contributed by atoms with Gasteiger partial charge in [0.05, 0.1) is 25.9 Å². The van der Waals surface area contributed by atoms with Crippen molar-refractivity contribution >= 4 is 22.8 Å². The lowest BCUT2D eigenvalue weighted by Crippen LogP contribution is -2.38. The first kappa shape index (κ1) is 20.7. The van der Waals surface area contributed by atoms with Crippen LogP contribution in [-0.4, -0.2) is 54.3 Å². The zero-order valence-corrected chi connectivity index (χ0v) is 16.7. The fraction of sp³-hybridized carbons (Fsp3) is 0.550. The second kappa shape index (κ2) is 9.39. The van der Waals surface area contributed by atoms with E-state index in [1.807, 2.05) is 11.9 Å². The fourth-order valence-electron chi connectivity index (χ4n) is 3.42. The number of esters is 1. The van der Waals surface area contributed by atoms with Crippen molar-refractivity contribution in [2.45, 2.75) is 45.6 Å². The maximum absolute atomic E-state index is 11.4. The summed E-state index contributed by atoms with van der Waals surface area (Å²) in [6.45, 7) is 3.93. The van der Waals surface area contributed by atoms with Crippen molar-refractivity contribution in [3.8, 4) is 5.75 Å². The number of amides is 1. The smallest absolute Gasteiger partial charge is 0.341 e. The molecule has 3 rings (SSSR count). The van der Waals surface area contributed by atoms with Crippen molar-refractivity contribution in [3.05, 3.63) is 23.9 Å². The molecular weight excluding hydrogens is 346 g/mol. The number of nitrogens with one attached hydrogen (secondary N) is 1. The molecule has 0 bridgehead atoms. The number of hydrogen-bond acceptors (Lipinski definition) is 5.